The normalized spacial score (nSPS) is 11.4. The van der Waals surface area contributed by atoms with Gasteiger partial charge in [-0.3, -0.25) is 9.52 Å². The average molecular weight is 535 g/mol. The molecule has 4 rings (SSSR count). The number of hydrogen-bond donors (Lipinski definition) is 2. The Bertz CT molecular complexity index is 1820. The highest BCUT2D eigenvalue weighted by atomic mass is 32.2. The molecule has 0 aliphatic rings. The molecule has 4 aromatic carbocycles. The number of methoxy groups -OCH3 is 1. The lowest BCUT2D eigenvalue weighted by molar-refractivity contribution is 0.0997. The summed E-state index contributed by atoms with van der Waals surface area (Å²) in [4.78, 5) is 11.5. The van der Waals surface area contributed by atoms with Gasteiger partial charge in [-0.2, -0.15) is 0 Å². The van der Waals surface area contributed by atoms with E-state index in [2.05, 4.69) is 16.6 Å². The fraction of sp³-hybridized carbons (Fsp3) is 0.0741. The predicted octanol–water partition coefficient (Wildman–Crippen LogP) is 3.55. The largest absolute Gasteiger partial charge is 0.496 e. The van der Waals surface area contributed by atoms with Crippen molar-refractivity contribution in [2.24, 2.45) is 5.73 Å². The zero-order valence-electron chi connectivity index (χ0n) is 19.8. The van der Waals surface area contributed by atoms with Crippen molar-refractivity contribution in [3.63, 3.8) is 0 Å². The molecule has 0 bridgehead atoms. The summed E-state index contributed by atoms with van der Waals surface area (Å²) in [6.45, 7) is 0. The molecule has 37 heavy (non-hydrogen) atoms. The van der Waals surface area contributed by atoms with Crippen LogP contribution >= 0.6 is 0 Å². The molecule has 8 nitrogen and oxygen atoms in total. The number of benzene rings is 4. The molecule has 0 aliphatic heterocycles. The van der Waals surface area contributed by atoms with Gasteiger partial charge in [0, 0.05) is 28.2 Å². The Morgan fingerprint density at radius 1 is 0.838 bits per heavy atom. The number of anilines is 1. The third-order valence-corrected chi connectivity index (χ3v) is 8.07. The van der Waals surface area contributed by atoms with E-state index >= 15 is 0 Å². The lowest BCUT2D eigenvalue weighted by Gasteiger charge is -2.13. The van der Waals surface area contributed by atoms with Crippen LogP contribution in [0.5, 0.6) is 5.75 Å². The first kappa shape index (κ1) is 25.8. The number of primary amides is 1. The van der Waals surface area contributed by atoms with Crippen LogP contribution in [-0.2, 0) is 19.9 Å². The second-order valence-corrected chi connectivity index (χ2v) is 11.7. The third kappa shape index (κ3) is 5.43. The fourth-order valence-corrected chi connectivity index (χ4v) is 5.99. The number of carbonyl (C=O) groups is 1. The van der Waals surface area contributed by atoms with Gasteiger partial charge in [0.05, 0.1) is 28.2 Å². The number of nitrogens with one attached hydrogen (secondary N) is 1. The van der Waals surface area contributed by atoms with Crippen LogP contribution in [0.25, 0.3) is 10.8 Å². The van der Waals surface area contributed by atoms with Gasteiger partial charge in [-0.25, -0.2) is 16.8 Å². The van der Waals surface area contributed by atoms with E-state index in [0.717, 1.165) is 6.26 Å². The van der Waals surface area contributed by atoms with Gasteiger partial charge >= 0.3 is 0 Å². The van der Waals surface area contributed by atoms with Crippen LogP contribution in [0.4, 0.5) is 5.69 Å². The molecule has 0 spiro atoms. The number of sulfonamides is 1. The quantitative estimate of drug-likeness (QED) is 0.364. The van der Waals surface area contributed by atoms with Gasteiger partial charge in [0.1, 0.15) is 5.75 Å². The van der Waals surface area contributed by atoms with Gasteiger partial charge in [-0.05, 0) is 42.5 Å². The number of carbonyl (C=O) groups excluding carboxylic acids is 1. The van der Waals surface area contributed by atoms with E-state index in [9.17, 15) is 21.6 Å². The lowest BCUT2D eigenvalue weighted by Crippen LogP contribution is -2.16. The Labute approximate surface area is 215 Å². The Kier molecular flexibility index (Phi) is 6.94. The molecule has 0 unspecified atom stereocenters. The molecule has 0 atom stereocenters. The van der Waals surface area contributed by atoms with Gasteiger partial charge < -0.3 is 10.5 Å². The molecule has 0 aromatic heterocycles. The van der Waals surface area contributed by atoms with Crippen LogP contribution in [-0.4, -0.2) is 36.1 Å². The van der Waals surface area contributed by atoms with Gasteiger partial charge in [0.15, 0.2) is 9.84 Å². The predicted molar refractivity (Wildman–Crippen MR) is 142 cm³/mol. The maximum Gasteiger partial charge on any atom is 0.262 e. The number of amides is 1. The van der Waals surface area contributed by atoms with Crippen molar-refractivity contribution in [3.05, 3.63) is 95.6 Å². The summed E-state index contributed by atoms with van der Waals surface area (Å²) in [5, 5.41) is 1.16. The summed E-state index contributed by atoms with van der Waals surface area (Å²) in [6.07, 6.45) is 0.971. The summed E-state index contributed by atoms with van der Waals surface area (Å²) < 4.78 is 59.0. The van der Waals surface area contributed by atoms with E-state index in [0.29, 0.717) is 27.6 Å². The molecule has 0 aliphatic carbocycles. The average Bonchev–Trinajstić information content (AvgIpc) is 2.86. The van der Waals surface area contributed by atoms with Gasteiger partial charge in [-0.1, -0.05) is 48.2 Å². The molecule has 0 radical (unpaired) electrons. The number of sulfone groups is 1. The van der Waals surface area contributed by atoms with Crippen molar-refractivity contribution < 1.29 is 26.4 Å². The number of ether oxygens (including phenoxy) is 1. The maximum absolute atomic E-state index is 13.4. The van der Waals surface area contributed by atoms with Crippen LogP contribution in [0.2, 0.25) is 0 Å². The number of rotatable bonds is 6. The topological polar surface area (TPSA) is 133 Å². The highest BCUT2D eigenvalue weighted by molar-refractivity contribution is 7.93. The van der Waals surface area contributed by atoms with E-state index in [4.69, 9.17) is 10.5 Å². The summed E-state index contributed by atoms with van der Waals surface area (Å²) in [5.74, 6) is 5.39. The van der Waals surface area contributed by atoms with Crippen molar-refractivity contribution in [1.82, 2.24) is 0 Å². The second kappa shape index (κ2) is 9.97. The van der Waals surface area contributed by atoms with E-state index in [1.54, 1.807) is 54.6 Å². The van der Waals surface area contributed by atoms with Gasteiger partial charge in [-0.15, -0.1) is 0 Å². The number of hydrogen-bond acceptors (Lipinski definition) is 6. The maximum atomic E-state index is 13.4. The molecule has 0 saturated heterocycles. The second-order valence-electron chi connectivity index (χ2n) is 8.06. The van der Waals surface area contributed by atoms with Crippen molar-refractivity contribution in [3.8, 4) is 17.6 Å². The van der Waals surface area contributed by atoms with Gasteiger partial charge in [0.25, 0.3) is 10.0 Å². The lowest BCUT2D eigenvalue weighted by atomic mass is 10.1. The Hall–Kier alpha value is -4.33. The minimum absolute atomic E-state index is 0.0755. The van der Waals surface area contributed by atoms with Crippen LogP contribution in [0.15, 0.2) is 88.7 Å². The molecular weight excluding hydrogens is 512 g/mol. The molecule has 0 heterocycles. The Morgan fingerprint density at radius 3 is 2.19 bits per heavy atom. The van der Waals surface area contributed by atoms with Crippen molar-refractivity contribution in [2.75, 3.05) is 18.1 Å². The molecular formula is C27H22N2O6S2. The van der Waals surface area contributed by atoms with Crippen LogP contribution in [0.3, 0.4) is 0 Å². The van der Waals surface area contributed by atoms with Crippen LogP contribution < -0.4 is 15.2 Å². The summed E-state index contributed by atoms with van der Waals surface area (Å²) in [5.41, 5.74) is 6.08. The Morgan fingerprint density at radius 2 is 1.51 bits per heavy atom. The zero-order valence-corrected chi connectivity index (χ0v) is 21.5. The third-order valence-electron chi connectivity index (χ3n) is 5.51. The first-order chi connectivity index (χ1) is 17.5. The highest BCUT2D eigenvalue weighted by Crippen LogP contribution is 2.32. The van der Waals surface area contributed by atoms with E-state index in [1.807, 2.05) is 0 Å². The monoisotopic (exact) mass is 534 g/mol. The van der Waals surface area contributed by atoms with Crippen LogP contribution in [0, 0.1) is 11.8 Å². The zero-order chi connectivity index (χ0) is 26.8. The van der Waals surface area contributed by atoms with E-state index < -0.39 is 25.8 Å². The molecule has 0 saturated carbocycles. The number of fused-ring (bicyclic) bond motifs is 1. The molecule has 10 heteroatoms. The Balaban J connectivity index is 1.74. The number of nitrogens with two attached hydrogens (primary N) is 1. The smallest absolute Gasteiger partial charge is 0.262 e. The first-order valence-electron chi connectivity index (χ1n) is 10.8. The van der Waals surface area contributed by atoms with Gasteiger partial charge in [0.2, 0.25) is 5.91 Å². The standard InChI is InChI=1S/C27H22N2O6S2/c1-35-24-15-16-25(21-9-5-4-8-20(21)24)37(33,34)29-23-10-6-3-7-19(23)13-11-18-12-14-22(27(28)30)26(17-18)36(2,31)32/h3-10,12,14-17,29H,1-2H3,(H2,28,30). The SMILES string of the molecule is COc1ccc(S(=O)(=O)Nc2ccccc2C#Cc2ccc(C(N)=O)c(S(C)(=O)=O)c2)c2ccccc12. The van der Waals surface area contributed by atoms with E-state index in [-0.39, 0.29) is 21.0 Å². The number of para-hydroxylation sites is 1. The molecule has 188 valence electrons. The minimum atomic E-state index is -4.02. The fourth-order valence-electron chi connectivity index (χ4n) is 3.79. The first-order valence-corrected chi connectivity index (χ1v) is 14.2. The van der Waals surface area contributed by atoms with Crippen molar-refractivity contribution in [1.29, 1.82) is 0 Å². The van der Waals surface area contributed by atoms with Crippen LogP contribution in [0.1, 0.15) is 21.5 Å². The molecule has 3 N–H and O–H groups in total. The van der Waals surface area contributed by atoms with Crippen molar-refractivity contribution >= 4 is 42.2 Å². The molecule has 4 aromatic rings. The highest BCUT2D eigenvalue weighted by Gasteiger charge is 2.20. The minimum Gasteiger partial charge on any atom is -0.496 e. The molecule has 1 amide bonds. The van der Waals surface area contributed by atoms with E-state index in [1.165, 1.54) is 31.4 Å². The summed E-state index contributed by atoms with van der Waals surface area (Å²) in [7, 11) is -6.24. The summed E-state index contributed by atoms with van der Waals surface area (Å²) in [6, 6.07) is 20.7. The summed E-state index contributed by atoms with van der Waals surface area (Å²) >= 11 is 0. The van der Waals surface area contributed by atoms with Crippen molar-refractivity contribution in [2.45, 2.75) is 9.79 Å². The molecule has 0 fully saturated rings.